The van der Waals surface area contributed by atoms with Crippen LogP contribution >= 0.6 is 15.9 Å². The van der Waals surface area contributed by atoms with E-state index in [2.05, 4.69) is 82.7 Å². The molecule has 3 atom stereocenters. The van der Waals surface area contributed by atoms with Crippen LogP contribution in [0.2, 0.25) is 18.1 Å². The highest BCUT2D eigenvalue weighted by Gasteiger charge is 2.43. The smallest absolute Gasteiger partial charge is 0.244 e. The summed E-state index contributed by atoms with van der Waals surface area (Å²) in [5.41, 5.74) is 3.07. The van der Waals surface area contributed by atoms with E-state index in [9.17, 15) is 8.42 Å². The van der Waals surface area contributed by atoms with E-state index in [-0.39, 0.29) is 28.5 Å². The Morgan fingerprint density at radius 3 is 2.09 bits per heavy atom. The fourth-order valence-electron chi connectivity index (χ4n) is 4.78. The first kappa shape index (κ1) is 35.6. The van der Waals surface area contributed by atoms with Crippen LogP contribution in [0.4, 0.5) is 0 Å². The quantitative estimate of drug-likeness (QED) is 0.155. The van der Waals surface area contributed by atoms with Gasteiger partial charge in [0, 0.05) is 11.0 Å². The number of rotatable bonds is 10. The molecule has 1 heterocycles. The van der Waals surface area contributed by atoms with Crippen molar-refractivity contribution < 1.29 is 22.3 Å². The van der Waals surface area contributed by atoms with Crippen molar-refractivity contribution in [3.05, 3.63) is 106 Å². The number of aryl methyl sites for hydroxylation is 1. The molecule has 6 nitrogen and oxygen atoms in total. The molecule has 3 aromatic carbocycles. The first-order valence-corrected chi connectivity index (χ1v) is 20.6. The van der Waals surface area contributed by atoms with Crippen LogP contribution < -0.4 is 4.74 Å². The van der Waals surface area contributed by atoms with Crippen LogP contribution in [0.5, 0.6) is 5.75 Å². The molecular formula is C36H48BrNO5SSi. The summed E-state index contributed by atoms with van der Waals surface area (Å²) < 4.78 is 50.7. The summed E-state index contributed by atoms with van der Waals surface area (Å²) in [5.74, 6) is 0.678. The highest BCUT2D eigenvalue weighted by molar-refractivity contribution is 9.10. The Kier molecular flexibility index (Phi) is 10.9. The van der Waals surface area contributed by atoms with Gasteiger partial charge >= 0.3 is 0 Å². The van der Waals surface area contributed by atoms with Crippen molar-refractivity contribution in [1.82, 2.24) is 4.31 Å². The summed E-state index contributed by atoms with van der Waals surface area (Å²) in [5, 5.41) is -0.0275. The number of hydrogen-bond donors (Lipinski definition) is 0. The van der Waals surface area contributed by atoms with E-state index in [1.165, 1.54) is 9.87 Å². The Labute approximate surface area is 280 Å². The van der Waals surface area contributed by atoms with Crippen molar-refractivity contribution in [1.29, 1.82) is 0 Å². The first-order valence-electron chi connectivity index (χ1n) is 15.5. The van der Waals surface area contributed by atoms with Gasteiger partial charge in [0.15, 0.2) is 8.32 Å². The largest absolute Gasteiger partial charge is 0.461 e. The van der Waals surface area contributed by atoms with E-state index in [1.54, 1.807) is 12.1 Å². The van der Waals surface area contributed by atoms with E-state index >= 15 is 0 Å². The molecule has 0 unspecified atom stereocenters. The molecule has 0 aromatic heterocycles. The lowest BCUT2D eigenvalue weighted by molar-refractivity contribution is -0.125. The monoisotopic (exact) mass is 713 g/mol. The second-order valence-electron chi connectivity index (χ2n) is 14.3. The highest BCUT2D eigenvalue weighted by Crippen LogP contribution is 2.38. The van der Waals surface area contributed by atoms with E-state index in [4.69, 9.17) is 13.9 Å². The summed E-state index contributed by atoms with van der Waals surface area (Å²) in [6.45, 7) is 19.8. The average Bonchev–Trinajstić information content (AvgIpc) is 2.95. The number of halogens is 1. The molecule has 0 saturated heterocycles. The molecule has 0 aliphatic carbocycles. The molecule has 0 radical (unpaired) electrons. The van der Waals surface area contributed by atoms with Gasteiger partial charge in [-0.2, -0.15) is 4.31 Å². The topological polar surface area (TPSA) is 65.1 Å². The van der Waals surface area contributed by atoms with Crippen molar-refractivity contribution in [3.63, 3.8) is 0 Å². The zero-order valence-corrected chi connectivity index (χ0v) is 31.4. The van der Waals surface area contributed by atoms with Crippen LogP contribution in [0.15, 0.2) is 94.3 Å². The lowest BCUT2D eigenvalue weighted by Crippen LogP contribution is -2.53. The molecule has 0 N–H and O–H groups in total. The maximum atomic E-state index is 14.4. The predicted octanol–water partition coefficient (Wildman–Crippen LogP) is 9.00. The SMILES string of the molecule is Cc1ccc(S(=O)(=O)N(Cc2ccccc2Br)[C@H]2C=C[C@@H](Oc3ccc(C(C)(C)C)cc3)O[C@@H]2CO[Si](C)(C)C(C)(C)C)cc1. The lowest BCUT2D eigenvalue weighted by atomic mass is 9.87. The Morgan fingerprint density at radius 2 is 1.51 bits per heavy atom. The van der Waals surface area contributed by atoms with Crippen LogP contribution in [0.3, 0.4) is 0 Å². The van der Waals surface area contributed by atoms with E-state index in [1.807, 2.05) is 67.6 Å². The molecule has 1 aliphatic rings. The molecule has 45 heavy (non-hydrogen) atoms. The van der Waals surface area contributed by atoms with Crippen LogP contribution in [0, 0.1) is 6.92 Å². The summed E-state index contributed by atoms with van der Waals surface area (Å²) in [6, 6.07) is 22.1. The van der Waals surface area contributed by atoms with E-state index in [0.717, 1.165) is 15.6 Å². The van der Waals surface area contributed by atoms with Crippen molar-refractivity contribution in [3.8, 4) is 5.75 Å². The standard InChI is InChI=1S/C36H48BrNO5SSi/c1-26-14-20-30(21-15-26)44(39,40)38(24-27-12-10-11-13-31(27)37)32-22-23-34(42-29-18-16-28(17-19-29)35(2,3)4)43-33(32)25-41-45(8,9)36(5,6)7/h10-23,32-34H,24-25H2,1-9H3/t32-,33+,34-/m0/s1. The third-order valence-corrected chi connectivity index (χ3v) is 15.9. The van der Waals surface area contributed by atoms with Gasteiger partial charge in [0.2, 0.25) is 16.3 Å². The van der Waals surface area contributed by atoms with Crippen LogP contribution in [-0.4, -0.2) is 46.1 Å². The molecule has 0 saturated carbocycles. The zero-order chi connectivity index (χ0) is 33.2. The van der Waals surface area contributed by atoms with Gasteiger partial charge in [-0.15, -0.1) is 0 Å². The number of hydrogen-bond acceptors (Lipinski definition) is 5. The van der Waals surface area contributed by atoms with Crippen molar-refractivity contribution in [2.45, 2.75) is 102 Å². The van der Waals surface area contributed by atoms with Crippen molar-refractivity contribution >= 4 is 34.3 Å². The molecule has 0 bridgehead atoms. The van der Waals surface area contributed by atoms with E-state index < -0.39 is 36.8 Å². The number of benzene rings is 3. The van der Waals surface area contributed by atoms with Gasteiger partial charge < -0.3 is 13.9 Å². The maximum absolute atomic E-state index is 14.4. The maximum Gasteiger partial charge on any atom is 0.244 e. The molecule has 3 aromatic rings. The van der Waals surface area contributed by atoms with Crippen molar-refractivity contribution in [2.24, 2.45) is 0 Å². The molecule has 0 spiro atoms. The summed E-state index contributed by atoms with van der Waals surface area (Å²) in [6.07, 6.45) is 2.39. The third-order valence-electron chi connectivity index (χ3n) is 8.79. The van der Waals surface area contributed by atoms with Gasteiger partial charge in [-0.05, 0) is 78.0 Å². The Bertz CT molecular complexity index is 1580. The van der Waals surface area contributed by atoms with Gasteiger partial charge in [0.1, 0.15) is 11.9 Å². The Morgan fingerprint density at radius 1 is 0.889 bits per heavy atom. The highest BCUT2D eigenvalue weighted by atomic mass is 79.9. The molecular weight excluding hydrogens is 666 g/mol. The summed E-state index contributed by atoms with van der Waals surface area (Å²) >= 11 is 3.63. The summed E-state index contributed by atoms with van der Waals surface area (Å²) in [4.78, 5) is 0.231. The van der Waals surface area contributed by atoms with Crippen LogP contribution in [-0.2, 0) is 31.1 Å². The first-order chi connectivity index (χ1) is 20.9. The lowest BCUT2D eigenvalue weighted by Gasteiger charge is -2.41. The van der Waals surface area contributed by atoms with Gasteiger partial charge in [-0.25, -0.2) is 8.42 Å². The Hall–Kier alpha value is -2.27. The molecule has 9 heteroatoms. The second kappa shape index (κ2) is 13.8. The average molecular weight is 715 g/mol. The second-order valence-corrected chi connectivity index (χ2v) is 21.9. The molecule has 1 aliphatic heterocycles. The van der Waals surface area contributed by atoms with Gasteiger partial charge in [0.05, 0.1) is 17.5 Å². The molecule has 244 valence electrons. The minimum absolute atomic E-state index is 0.0271. The van der Waals surface area contributed by atoms with Crippen LogP contribution in [0.25, 0.3) is 0 Å². The van der Waals surface area contributed by atoms with Gasteiger partial charge in [-0.3, -0.25) is 0 Å². The molecule has 4 rings (SSSR count). The van der Waals surface area contributed by atoms with Crippen LogP contribution in [0.1, 0.15) is 58.2 Å². The number of sulfonamides is 1. The molecule has 0 amide bonds. The number of ether oxygens (including phenoxy) is 2. The molecule has 0 fully saturated rings. The third kappa shape index (κ3) is 8.76. The fourth-order valence-corrected chi connectivity index (χ4v) is 7.79. The fraction of sp³-hybridized carbons (Fsp3) is 0.444. The van der Waals surface area contributed by atoms with Gasteiger partial charge in [0.25, 0.3) is 0 Å². The van der Waals surface area contributed by atoms with Crippen molar-refractivity contribution in [2.75, 3.05) is 6.61 Å². The summed E-state index contributed by atoms with van der Waals surface area (Å²) in [7, 11) is -6.14. The minimum atomic E-state index is -3.95. The predicted molar refractivity (Wildman–Crippen MR) is 189 cm³/mol. The van der Waals surface area contributed by atoms with Gasteiger partial charge in [-0.1, -0.05) is 112 Å². The zero-order valence-electron chi connectivity index (χ0n) is 28.0. The minimum Gasteiger partial charge on any atom is -0.461 e. The van der Waals surface area contributed by atoms with E-state index in [0.29, 0.717) is 5.75 Å². The number of nitrogens with zero attached hydrogens (tertiary/aromatic N) is 1. The normalized spacial score (nSPS) is 19.6. The Balaban J connectivity index is 1.73.